The van der Waals surface area contributed by atoms with E-state index in [2.05, 4.69) is 0 Å². The lowest BCUT2D eigenvalue weighted by atomic mass is 9.80. The van der Waals surface area contributed by atoms with Gasteiger partial charge < -0.3 is 5.11 Å². The van der Waals surface area contributed by atoms with Crippen molar-refractivity contribution in [1.82, 2.24) is 0 Å². The predicted molar refractivity (Wildman–Crippen MR) is 63.7 cm³/mol. The zero-order valence-electron chi connectivity index (χ0n) is 9.65. The van der Waals surface area contributed by atoms with Crippen molar-refractivity contribution in [2.24, 2.45) is 0 Å². The number of carbonyl (C=O) groups excluding carboxylic acids is 1. The Hall–Kier alpha value is -1.15. The molecular weight excluding hydrogens is 200 g/mol. The van der Waals surface area contributed by atoms with Crippen LogP contribution in [0.25, 0.3) is 0 Å². The quantitative estimate of drug-likeness (QED) is 0.789. The van der Waals surface area contributed by atoms with E-state index in [1.807, 2.05) is 31.2 Å². The first-order valence-electron chi connectivity index (χ1n) is 6.04. The molecule has 2 nitrogen and oxygen atoms in total. The summed E-state index contributed by atoms with van der Waals surface area (Å²) >= 11 is 0. The molecule has 2 heteroatoms. The minimum atomic E-state index is -0.852. The summed E-state index contributed by atoms with van der Waals surface area (Å²) in [5, 5.41) is 9.47. The van der Waals surface area contributed by atoms with Crippen molar-refractivity contribution in [1.29, 1.82) is 0 Å². The first kappa shape index (κ1) is 11.3. The molecule has 1 fully saturated rings. The van der Waals surface area contributed by atoms with Crippen molar-refractivity contribution >= 4 is 5.78 Å². The second-order valence-corrected chi connectivity index (χ2v) is 4.54. The number of aliphatic hydroxyl groups is 1. The van der Waals surface area contributed by atoms with Crippen LogP contribution in [0.2, 0.25) is 0 Å². The Balaban J connectivity index is 2.09. The molecule has 1 unspecified atom stereocenters. The molecule has 0 heterocycles. The van der Waals surface area contributed by atoms with Gasteiger partial charge in [0.25, 0.3) is 0 Å². The van der Waals surface area contributed by atoms with Gasteiger partial charge in [0.2, 0.25) is 0 Å². The fourth-order valence-electron chi connectivity index (χ4n) is 2.04. The molecule has 0 spiro atoms. The zero-order valence-corrected chi connectivity index (χ0v) is 9.65. The van der Waals surface area contributed by atoms with Crippen molar-refractivity contribution in [3.63, 3.8) is 0 Å². The van der Waals surface area contributed by atoms with Crippen LogP contribution in [0.5, 0.6) is 0 Å². The molecule has 1 aromatic carbocycles. The minimum Gasteiger partial charge on any atom is -0.385 e. The summed E-state index contributed by atoms with van der Waals surface area (Å²) in [6.45, 7) is 1.81. The van der Waals surface area contributed by atoms with Crippen LogP contribution in [-0.4, -0.2) is 17.0 Å². The fraction of sp³-hybridized carbons (Fsp3) is 0.500. The molecule has 86 valence electrons. The number of Topliss-reactive ketones (excluding diaryl/α,β-unsaturated/α-hetero) is 1. The van der Waals surface area contributed by atoms with Crippen LogP contribution in [0.4, 0.5) is 0 Å². The molecule has 0 saturated heterocycles. The maximum Gasteiger partial charge on any atom is 0.191 e. The molecule has 0 aliphatic heterocycles. The Morgan fingerprint density at radius 1 is 1.38 bits per heavy atom. The Morgan fingerprint density at radius 3 is 2.44 bits per heavy atom. The summed E-state index contributed by atoms with van der Waals surface area (Å²) in [6.07, 6.45) is 3.48. The van der Waals surface area contributed by atoms with E-state index < -0.39 is 6.10 Å². The molecule has 2 rings (SSSR count). The van der Waals surface area contributed by atoms with Crippen molar-refractivity contribution in [2.75, 3.05) is 0 Å². The van der Waals surface area contributed by atoms with Crippen LogP contribution < -0.4 is 0 Å². The zero-order chi connectivity index (χ0) is 11.5. The van der Waals surface area contributed by atoms with Crippen molar-refractivity contribution < 1.29 is 9.90 Å². The van der Waals surface area contributed by atoms with E-state index in [9.17, 15) is 9.90 Å². The maximum absolute atomic E-state index is 11.7. The van der Waals surface area contributed by atoms with Crippen LogP contribution in [0, 0.1) is 0 Å². The molecule has 1 aromatic rings. The fourth-order valence-corrected chi connectivity index (χ4v) is 2.04. The molecule has 1 aliphatic carbocycles. The smallest absolute Gasteiger partial charge is 0.191 e. The molecule has 0 radical (unpaired) electrons. The van der Waals surface area contributed by atoms with Crippen molar-refractivity contribution in [3.05, 3.63) is 35.4 Å². The summed E-state index contributed by atoms with van der Waals surface area (Å²) < 4.78 is 0. The lowest BCUT2D eigenvalue weighted by Crippen LogP contribution is -2.19. The first-order chi connectivity index (χ1) is 7.72. The number of hydrogen-bond acceptors (Lipinski definition) is 2. The lowest BCUT2D eigenvalue weighted by molar-refractivity contribution is 0.0740. The van der Waals surface area contributed by atoms with Crippen molar-refractivity contribution in [3.8, 4) is 0 Å². The van der Waals surface area contributed by atoms with Gasteiger partial charge in [0.05, 0.1) is 0 Å². The molecule has 1 atom stereocenters. The number of ketones is 1. The minimum absolute atomic E-state index is 0.164. The van der Waals surface area contributed by atoms with Gasteiger partial charge in [0.1, 0.15) is 6.10 Å². The maximum atomic E-state index is 11.7. The van der Waals surface area contributed by atoms with E-state index in [0.717, 1.165) is 0 Å². The van der Waals surface area contributed by atoms with Gasteiger partial charge in [-0.25, -0.2) is 0 Å². The van der Waals surface area contributed by atoms with Gasteiger partial charge in [-0.2, -0.15) is 0 Å². The number of carbonyl (C=O) groups is 1. The second kappa shape index (κ2) is 4.79. The SMILES string of the molecule is CCC(O)C(=O)c1ccc(C2CCC2)cc1. The standard InChI is InChI=1S/C14H18O2/c1-2-13(15)14(16)12-8-6-11(7-9-12)10-4-3-5-10/h6-10,13,15H,2-5H2,1H3. The van der Waals surface area contributed by atoms with E-state index in [0.29, 0.717) is 17.9 Å². The summed E-state index contributed by atoms with van der Waals surface area (Å²) in [5.74, 6) is 0.530. The first-order valence-corrected chi connectivity index (χ1v) is 6.04. The van der Waals surface area contributed by atoms with Crippen LogP contribution in [0.3, 0.4) is 0 Å². The molecule has 0 aromatic heterocycles. The summed E-state index contributed by atoms with van der Waals surface area (Å²) in [5.41, 5.74) is 1.95. The molecule has 16 heavy (non-hydrogen) atoms. The average molecular weight is 218 g/mol. The number of benzene rings is 1. The Labute approximate surface area is 96.3 Å². The third-order valence-corrected chi connectivity index (χ3v) is 3.46. The summed E-state index contributed by atoms with van der Waals surface area (Å²) in [6, 6.07) is 7.74. The number of aliphatic hydroxyl groups excluding tert-OH is 1. The largest absolute Gasteiger partial charge is 0.385 e. The highest BCUT2D eigenvalue weighted by molar-refractivity contribution is 5.99. The van der Waals surface area contributed by atoms with E-state index >= 15 is 0 Å². The molecule has 1 saturated carbocycles. The van der Waals surface area contributed by atoms with E-state index in [1.165, 1.54) is 24.8 Å². The molecular formula is C14H18O2. The topological polar surface area (TPSA) is 37.3 Å². The number of rotatable bonds is 4. The highest BCUT2D eigenvalue weighted by atomic mass is 16.3. The Kier molecular flexibility index (Phi) is 3.39. The summed E-state index contributed by atoms with van der Waals surface area (Å²) in [7, 11) is 0. The van der Waals surface area contributed by atoms with Crippen LogP contribution in [-0.2, 0) is 0 Å². The molecule has 1 aliphatic rings. The van der Waals surface area contributed by atoms with Gasteiger partial charge in [0, 0.05) is 5.56 Å². The van der Waals surface area contributed by atoms with Gasteiger partial charge in [-0.05, 0) is 30.7 Å². The van der Waals surface area contributed by atoms with Gasteiger partial charge in [-0.1, -0.05) is 37.6 Å². The van der Waals surface area contributed by atoms with E-state index in [4.69, 9.17) is 0 Å². The van der Waals surface area contributed by atoms with Gasteiger partial charge in [-0.3, -0.25) is 4.79 Å². The monoisotopic (exact) mass is 218 g/mol. The summed E-state index contributed by atoms with van der Waals surface area (Å²) in [4.78, 5) is 11.7. The second-order valence-electron chi connectivity index (χ2n) is 4.54. The molecule has 0 amide bonds. The Morgan fingerprint density at radius 2 is 2.00 bits per heavy atom. The van der Waals surface area contributed by atoms with Gasteiger partial charge >= 0.3 is 0 Å². The van der Waals surface area contributed by atoms with E-state index in [-0.39, 0.29) is 5.78 Å². The predicted octanol–water partition coefficient (Wildman–Crippen LogP) is 2.91. The normalized spacial score (nSPS) is 17.9. The van der Waals surface area contributed by atoms with E-state index in [1.54, 1.807) is 0 Å². The molecule has 1 N–H and O–H groups in total. The third-order valence-electron chi connectivity index (χ3n) is 3.46. The average Bonchev–Trinajstić information content (AvgIpc) is 2.26. The third kappa shape index (κ3) is 2.17. The van der Waals surface area contributed by atoms with Gasteiger partial charge in [0.15, 0.2) is 5.78 Å². The van der Waals surface area contributed by atoms with Crippen molar-refractivity contribution in [2.45, 2.75) is 44.6 Å². The van der Waals surface area contributed by atoms with Gasteiger partial charge in [-0.15, -0.1) is 0 Å². The highest BCUT2D eigenvalue weighted by Crippen LogP contribution is 2.36. The van der Waals surface area contributed by atoms with Crippen LogP contribution in [0.1, 0.15) is 54.4 Å². The number of hydrogen-bond donors (Lipinski definition) is 1. The van der Waals surface area contributed by atoms with Crippen LogP contribution >= 0.6 is 0 Å². The lowest BCUT2D eigenvalue weighted by Gasteiger charge is -2.25. The highest BCUT2D eigenvalue weighted by Gasteiger charge is 2.20. The van der Waals surface area contributed by atoms with Crippen LogP contribution in [0.15, 0.2) is 24.3 Å². The Bertz CT molecular complexity index is 363. The molecule has 0 bridgehead atoms.